The van der Waals surface area contributed by atoms with Crippen molar-refractivity contribution >= 4 is 5.91 Å². The fourth-order valence-electron chi connectivity index (χ4n) is 3.21. The van der Waals surface area contributed by atoms with Crippen LogP contribution in [0.1, 0.15) is 37.1 Å². The van der Waals surface area contributed by atoms with Crippen LogP contribution in [-0.2, 0) is 4.79 Å². The van der Waals surface area contributed by atoms with Gasteiger partial charge >= 0.3 is 0 Å². The molecule has 5 heteroatoms. The fraction of sp³-hybridized carbons (Fsp3) is 0.444. The van der Waals surface area contributed by atoms with Crippen LogP contribution < -0.4 is 5.32 Å². The highest BCUT2D eigenvalue weighted by Crippen LogP contribution is 2.22. The summed E-state index contributed by atoms with van der Waals surface area (Å²) in [5, 5.41) is 3.68. The number of benzene rings is 1. The molecule has 122 valence electrons. The number of nitrogens with zero attached hydrogens (tertiary/aromatic N) is 2. The minimum absolute atomic E-state index is 0.129. The molecule has 0 bridgehead atoms. The number of hydrogen-bond acceptors (Lipinski definition) is 3. The second kappa shape index (κ2) is 7.42. The summed E-state index contributed by atoms with van der Waals surface area (Å²) in [6, 6.07) is 10.6. The van der Waals surface area contributed by atoms with Gasteiger partial charge in [0.15, 0.2) is 0 Å². The summed E-state index contributed by atoms with van der Waals surface area (Å²) in [7, 11) is 0. The first-order valence-electron chi connectivity index (χ1n) is 8.26. The topological polar surface area (TPSA) is 61.0 Å². The minimum atomic E-state index is 0.129. The normalized spacial score (nSPS) is 17.2. The summed E-state index contributed by atoms with van der Waals surface area (Å²) in [6.45, 7) is 4.36. The molecule has 0 radical (unpaired) electrons. The van der Waals surface area contributed by atoms with E-state index in [2.05, 4.69) is 39.6 Å². The van der Waals surface area contributed by atoms with Gasteiger partial charge in [-0.05, 0) is 30.9 Å². The van der Waals surface area contributed by atoms with Crippen molar-refractivity contribution in [1.82, 2.24) is 20.2 Å². The highest BCUT2D eigenvalue weighted by atomic mass is 16.2. The number of aromatic nitrogens is 2. The number of H-pyrrole nitrogens is 1. The summed E-state index contributed by atoms with van der Waals surface area (Å²) in [5.41, 5.74) is 2.32. The monoisotopic (exact) mass is 312 g/mol. The molecule has 1 atom stereocenters. The summed E-state index contributed by atoms with van der Waals surface area (Å²) in [6.07, 6.45) is 5.73. The number of hydrogen-bond donors (Lipinski definition) is 2. The van der Waals surface area contributed by atoms with E-state index in [9.17, 15) is 4.79 Å². The number of carbonyl (C=O) groups is 1. The maximum absolute atomic E-state index is 11.4. The number of rotatable bonds is 5. The summed E-state index contributed by atoms with van der Waals surface area (Å²) >= 11 is 0. The van der Waals surface area contributed by atoms with Crippen molar-refractivity contribution in [1.29, 1.82) is 0 Å². The molecule has 3 rings (SSSR count). The predicted molar refractivity (Wildman–Crippen MR) is 89.9 cm³/mol. The van der Waals surface area contributed by atoms with E-state index in [-0.39, 0.29) is 11.9 Å². The van der Waals surface area contributed by atoms with Crippen molar-refractivity contribution in [3.8, 4) is 0 Å². The highest BCUT2D eigenvalue weighted by molar-refractivity contribution is 5.73. The van der Waals surface area contributed by atoms with Crippen molar-refractivity contribution in [2.24, 2.45) is 5.92 Å². The van der Waals surface area contributed by atoms with E-state index in [1.165, 1.54) is 5.56 Å². The largest absolute Gasteiger partial charge is 0.347 e. The first-order chi connectivity index (χ1) is 11.2. The van der Waals surface area contributed by atoms with E-state index in [4.69, 9.17) is 0 Å². The van der Waals surface area contributed by atoms with E-state index in [1.807, 2.05) is 17.2 Å². The van der Waals surface area contributed by atoms with Crippen LogP contribution in [0.15, 0.2) is 42.9 Å². The number of imidazole rings is 1. The smallest absolute Gasteiger partial charge is 0.219 e. The first-order valence-corrected chi connectivity index (χ1v) is 8.26. The molecule has 1 fully saturated rings. The Labute approximate surface area is 137 Å². The van der Waals surface area contributed by atoms with Crippen molar-refractivity contribution in [3.05, 3.63) is 54.1 Å². The minimum Gasteiger partial charge on any atom is -0.347 e. The summed E-state index contributed by atoms with van der Waals surface area (Å²) in [4.78, 5) is 20.7. The first kappa shape index (κ1) is 15.7. The van der Waals surface area contributed by atoms with E-state index in [0.29, 0.717) is 5.92 Å². The molecular weight excluding hydrogens is 288 g/mol. The lowest BCUT2D eigenvalue weighted by molar-refractivity contribution is -0.130. The number of piperidine rings is 1. The molecule has 1 amide bonds. The SMILES string of the molecule is CC(=O)N1CCC(CNC(c2ccccc2)c2cnc[nH]2)CC1. The zero-order chi connectivity index (χ0) is 16.1. The Kier molecular flexibility index (Phi) is 5.08. The Hall–Kier alpha value is -2.14. The Morgan fingerprint density at radius 2 is 2.09 bits per heavy atom. The van der Waals surface area contributed by atoms with Gasteiger partial charge in [0.1, 0.15) is 0 Å². The zero-order valence-corrected chi connectivity index (χ0v) is 13.5. The van der Waals surface area contributed by atoms with Crippen LogP contribution in [0.4, 0.5) is 0 Å². The lowest BCUT2D eigenvalue weighted by Gasteiger charge is -2.32. The number of carbonyl (C=O) groups excluding carboxylic acids is 1. The number of likely N-dealkylation sites (tertiary alicyclic amines) is 1. The van der Waals surface area contributed by atoms with Gasteiger partial charge in [-0.2, -0.15) is 0 Å². The highest BCUT2D eigenvalue weighted by Gasteiger charge is 2.22. The van der Waals surface area contributed by atoms with Crippen LogP contribution in [0.25, 0.3) is 0 Å². The molecule has 23 heavy (non-hydrogen) atoms. The van der Waals surface area contributed by atoms with Crippen molar-refractivity contribution in [2.45, 2.75) is 25.8 Å². The van der Waals surface area contributed by atoms with Gasteiger partial charge in [0, 0.05) is 26.2 Å². The molecule has 2 aromatic rings. The van der Waals surface area contributed by atoms with Crippen LogP contribution in [0.2, 0.25) is 0 Å². The standard InChI is InChI=1S/C18H24N4O/c1-14(23)22-9-7-15(8-10-22)11-20-18(17-12-19-13-21-17)16-5-3-2-4-6-16/h2-6,12-13,15,18,20H,7-11H2,1H3,(H,19,21). The molecule has 0 spiro atoms. The number of aromatic amines is 1. The van der Waals surface area contributed by atoms with Gasteiger partial charge in [-0.3, -0.25) is 4.79 Å². The molecule has 1 aromatic heterocycles. The van der Waals surface area contributed by atoms with Gasteiger partial charge in [0.2, 0.25) is 5.91 Å². The zero-order valence-electron chi connectivity index (χ0n) is 13.5. The summed E-state index contributed by atoms with van der Waals surface area (Å²) in [5.74, 6) is 0.802. The molecule has 2 N–H and O–H groups in total. The van der Waals surface area contributed by atoms with E-state index in [1.54, 1.807) is 13.3 Å². The van der Waals surface area contributed by atoms with Gasteiger partial charge in [-0.25, -0.2) is 4.98 Å². The van der Waals surface area contributed by atoms with Crippen LogP contribution in [0, 0.1) is 5.92 Å². The van der Waals surface area contributed by atoms with Gasteiger partial charge in [-0.15, -0.1) is 0 Å². The Morgan fingerprint density at radius 1 is 1.35 bits per heavy atom. The maximum atomic E-state index is 11.4. The Bertz CT molecular complexity index is 603. The summed E-state index contributed by atoms with van der Waals surface area (Å²) < 4.78 is 0. The van der Waals surface area contributed by atoms with Crippen LogP contribution in [0.3, 0.4) is 0 Å². The molecule has 0 saturated carbocycles. The number of nitrogens with one attached hydrogen (secondary N) is 2. The van der Waals surface area contributed by atoms with Gasteiger partial charge in [0.25, 0.3) is 0 Å². The van der Waals surface area contributed by atoms with Crippen molar-refractivity contribution < 1.29 is 4.79 Å². The predicted octanol–water partition coefficient (Wildman–Crippen LogP) is 2.35. The third-order valence-electron chi connectivity index (χ3n) is 4.63. The molecule has 1 aliphatic rings. The van der Waals surface area contributed by atoms with E-state index < -0.39 is 0 Å². The second-order valence-corrected chi connectivity index (χ2v) is 6.21. The van der Waals surface area contributed by atoms with Crippen LogP contribution >= 0.6 is 0 Å². The Balaban J connectivity index is 1.61. The van der Waals surface area contributed by atoms with Crippen molar-refractivity contribution in [3.63, 3.8) is 0 Å². The second-order valence-electron chi connectivity index (χ2n) is 6.21. The van der Waals surface area contributed by atoms with E-state index in [0.717, 1.165) is 38.2 Å². The van der Waals surface area contributed by atoms with E-state index >= 15 is 0 Å². The maximum Gasteiger partial charge on any atom is 0.219 e. The quantitative estimate of drug-likeness (QED) is 0.891. The Morgan fingerprint density at radius 3 is 2.70 bits per heavy atom. The third kappa shape index (κ3) is 3.99. The molecule has 1 unspecified atom stereocenters. The average molecular weight is 312 g/mol. The molecular formula is C18H24N4O. The number of amides is 1. The van der Waals surface area contributed by atoms with Gasteiger partial charge in [0.05, 0.1) is 18.1 Å². The average Bonchev–Trinajstić information content (AvgIpc) is 3.11. The third-order valence-corrected chi connectivity index (χ3v) is 4.63. The molecule has 1 saturated heterocycles. The van der Waals surface area contributed by atoms with Gasteiger partial charge < -0.3 is 15.2 Å². The van der Waals surface area contributed by atoms with Gasteiger partial charge in [-0.1, -0.05) is 30.3 Å². The van der Waals surface area contributed by atoms with Crippen LogP contribution in [-0.4, -0.2) is 40.4 Å². The molecule has 5 nitrogen and oxygen atoms in total. The lowest BCUT2D eigenvalue weighted by Crippen LogP contribution is -2.40. The van der Waals surface area contributed by atoms with Crippen molar-refractivity contribution in [2.75, 3.05) is 19.6 Å². The molecule has 2 heterocycles. The van der Waals surface area contributed by atoms with Crippen LogP contribution in [0.5, 0.6) is 0 Å². The molecule has 0 aliphatic carbocycles. The molecule has 1 aliphatic heterocycles. The fourth-order valence-corrected chi connectivity index (χ4v) is 3.21. The lowest BCUT2D eigenvalue weighted by atomic mass is 9.95. The molecule has 1 aromatic carbocycles.